The highest BCUT2D eigenvalue weighted by atomic mass is 35.5. The summed E-state index contributed by atoms with van der Waals surface area (Å²) in [5.74, 6) is -0.534. The number of hydrogen-bond acceptors (Lipinski definition) is 7. The Hall–Kier alpha value is -2.00. The van der Waals surface area contributed by atoms with Crippen molar-refractivity contribution in [1.29, 1.82) is 0 Å². The molecule has 0 radical (unpaired) electrons. The summed E-state index contributed by atoms with van der Waals surface area (Å²) in [4.78, 5) is 17.5. The zero-order valence-electron chi connectivity index (χ0n) is 13.1. The Morgan fingerprint density at radius 3 is 2.85 bits per heavy atom. The van der Waals surface area contributed by atoms with E-state index in [0.717, 1.165) is 16.2 Å². The first kappa shape index (κ1) is 18.8. The molecule has 0 fully saturated rings. The van der Waals surface area contributed by atoms with Gasteiger partial charge in [-0.1, -0.05) is 40.6 Å². The molecule has 2 heterocycles. The largest absolute Gasteiger partial charge is 0.492 e. The summed E-state index contributed by atoms with van der Waals surface area (Å²) in [6.45, 7) is 0.450. The van der Waals surface area contributed by atoms with E-state index < -0.39 is 0 Å². The number of carbonyl (C=O) groups is 1. The number of carbonyl (C=O) groups excluding carboxylic acids is 1. The van der Waals surface area contributed by atoms with E-state index in [4.69, 9.17) is 23.2 Å². The van der Waals surface area contributed by atoms with E-state index in [-0.39, 0.29) is 18.2 Å². The minimum atomic E-state index is -0.315. The summed E-state index contributed by atoms with van der Waals surface area (Å²) >= 11 is 14.5. The van der Waals surface area contributed by atoms with Crippen molar-refractivity contribution in [1.82, 2.24) is 4.98 Å². The van der Waals surface area contributed by atoms with Gasteiger partial charge in [-0.15, -0.1) is 16.5 Å². The molecule has 0 saturated heterocycles. The van der Waals surface area contributed by atoms with Crippen LogP contribution in [0.4, 0.5) is 10.8 Å². The van der Waals surface area contributed by atoms with Gasteiger partial charge in [0.15, 0.2) is 0 Å². The Kier molecular flexibility index (Phi) is 6.20. The maximum absolute atomic E-state index is 12.1. The van der Waals surface area contributed by atoms with Crippen LogP contribution in [0.2, 0.25) is 10.0 Å². The van der Waals surface area contributed by atoms with Crippen LogP contribution in [0.15, 0.2) is 45.9 Å². The number of amides is 1. The van der Waals surface area contributed by atoms with Crippen LogP contribution < -0.4 is 5.32 Å². The van der Waals surface area contributed by atoms with Crippen LogP contribution in [-0.4, -0.2) is 16.0 Å². The summed E-state index contributed by atoms with van der Waals surface area (Å²) in [5.41, 5.74) is 0.518. The molecule has 0 saturated carbocycles. The first-order chi connectivity index (χ1) is 12.5. The van der Waals surface area contributed by atoms with E-state index in [2.05, 4.69) is 20.5 Å². The zero-order valence-corrected chi connectivity index (χ0v) is 16.3. The molecule has 1 aromatic carbocycles. The topological polar surface area (TPSA) is 86.9 Å². The number of benzene rings is 1. The zero-order chi connectivity index (χ0) is 18.5. The Bertz CT molecular complexity index is 942. The lowest BCUT2D eigenvalue weighted by Crippen LogP contribution is -2.13. The van der Waals surface area contributed by atoms with Gasteiger partial charge in [-0.25, -0.2) is 0 Å². The number of rotatable bonds is 6. The van der Waals surface area contributed by atoms with E-state index in [0.29, 0.717) is 32.3 Å². The van der Waals surface area contributed by atoms with E-state index in [1.54, 1.807) is 29.5 Å². The molecule has 3 aromatic rings. The van der Waals surface area contributed by atoms with Gasteiger partial charge < -0.3 is 10.4 Å². The minimum Gasteiger partial charge on any atom is -0.492 e. The third kappa shape index (κ3) is 5.01. The lowest BCUT2D eigenvalue weighted by Gasteiger charge is -2.05. The number of thiazole rings is 1. The van der Waals surface area contributed by atoms with Gasteiger partial charge in [-0.2, -0.15) is 10.1 Å². The fourth-order valence-corrected chi connectivity index (χ4v) is 3.69. The van der Waals surface area contributed by atoms with Crippen molar-refractivity contribution in [2.75, 3.05) is 5.32 Å². The standard InChI is InChI=1S/C16H12Cl2N4O2S2/c17-11-4-3-9(6-12(11)18)20-14(23)7-13-15(24)21-16(26-13)22-19-8-10-2-1-5-25-10/h1-6,24H,7-8H2,(H,20,23). The molecule has 2 N–H and O–H groups in total. The maximum atomic E-state index is 12.1. The number of halogens is 2. The fourth-order valence-electron chi connectivity index (χ4n) is 1.98. The molecule has 3 rings (SSSR count). The van der Waals surface area contributed by atoms with Crippen LogP contribution in [0, 0.1) is 0 Å². The van der Waals surface area contributed by atoms with Gasteiger partial charge >= 0.3 is 0 Å². The predicted molar refractivity (Wildman–Crippen MR) is 105 cm³/mol. The van der Waals surface area contributed by atoms with E-state index in [1.165, 1.54) is 0 Å². The SMILES string of the molecule is O=C(Cc1sc(N=NCc2cccs2)nc1O)Nc1ccc(Cl)c(Cl)c1. The van der Waals surface area contributed by atoms with Crippen molar-refractivity contribution in [2.45, 2.75) is 13.0 Å². The predicted octanol–water partition coefficient (Wildman–Crippen LogP) is 5.68. The van der Waals surface area contributed by atoms with Gasteiger partial charge in [0.25, 0.3) is 0 Å². The molecule has 134 valence electrons. The van der Waals surface area contributed by atoms with Crippen LogP contribution in [0.5, 0.6) is 5.88 Å². The molecule has 0 aliphatic carbocycles. The molecule has 1 amide bonds. The number of hydrogen-bond donors (Lipinski definition) is 2. The average Bonchev–Trinajstić information content (AvgIpc) is 3.22. The smallest absolute Gasteiger partial charge is 0.233 e. The molecular weight excluding hydrogens is 415 g/mol. The first-order valence-corrected chi connectivity index (χ1v) is 9.80. The number of thiophene rings is 1. The van der Waals surface area contributed by atoms with Crippen LogP contribution in [0.25, 0.3) is 0 Å². The second kappa shape index (κ2) is 8.59. The van der Waals surface area contributed by atoms with Crippen LogP contribution in [0.3, 0.4) is 0 Å². The van der Waals surface area contributed by atoms with E-state index in [1.807, 2.05) is 17.5 Å². The summed E-state index contributed by atoms with van der Waals surface area (Å²) in [6.07, 6.45) is -0.0375. The van der Waals surface area contributed by atoms with Crippen molar-refractivity contribution in [3.63, 3.8) is 0 Å². The molecule has 26 heavy (non-hydrogen) atoms. The number of anilines is 1. The molecule has 2 aromatic heterocycles. The summed E-state index contributed by atoms with van der Waals surface area (Å²) in [5, 5.41) is 23.6. The van der Waals surface area contributed by atoms with Crippen molar-refractivity contribution in [2.24, 2.45) is 10.2 Å². The molecular formula is C16H12Cl2N4O2S2. The Morgan fingerprint density at radius 2 is 2.12 bits per heavy atom. The summed E-state index contributed by atoms with van der Waals surface area (Å²) < 4.78 is 0. The molecule has 6 nitrogen and oxygen atoms in total. The van der Waals surface area contributed by atoms with Crippen molar-refractivity contribution < 1.29 is 9.90 Å². The highest BCUT2D eigenvalue weighted by Gasteiger charge is 2.14. The second-order valence-electron chi connectivity index (χ2n) is 5.08. The first-order valence-electron chi connectivity index (χ1n) is 7.34. The van der Waals surface area contributed by atoms with E-state index in [9.17, 15) is 9.90 Å². The maximum Gasteiger partial charge on any atom is 0.233 e. The highest BCUT2D eigenvalue weighted by Crippen LogP contribution is 2.31. The molecule has 0 atom stereocenters. The number of nitrogens with zero attached hydrogens (tertiary/aromatic N) is 3. The van der Waals surface area contributed by atoms with Crippen molar-refractivity contribution in [3.05, 3.63) is 55.5 Å². The Morgan fingerprint density at radius 1 is 1.27 bits per heavy atom. The van der Waals surface area contributed by atoms with Crippen molar-refractivity contribution in [3.8, 4) is 5.88 Å². The van der Waals surface area contributed by atoms with Gasteiger partial charge in [0, 0.05) is 10.6 Å². The average molecular weight is 427 g/mol. The van der Waals surface area contributed by atoms with Crippen LogP contribution >= 0.6 is 45.9 Å². The third-order valence-corrected chi connectivity index (χ3v) is 5.68. The van der Waals surface area contributed by atoms with Gasteiger partial charge in [0.2, 0.25) is 16.9 Å². The molecule has 0 bridgehead atoms. The Balaban J connectivity index is 1.60. The van der Waals surface area contributed by atoms with Gasteiger partial charge in [-0.05, 0) is 29.6 Å². The normalized spacial score (nSPS) is 11.2. The van der Waals surface area contributed by atoms with E-state index >= 15 is 0 Å². The number of aromatic nitrogens is 1. The lowest BCUT2D eigenvalue weighted by atomic mass is 10.3. The van der Waals surface area contributed by atoms with Crippen molar-refractivity contribution >= 4 is 62.6 Å². The fraction of sp³-hybridized carbons (Fsp3) is 0.125. The molecule has 10 heteroatoms. The quantitative estimate of drug-likeness (QED) is 0.496. The van der Waals surface area contributed by atoms with Gasteiger partial charge in [0.1, 0.15) is 0 Å². The summed E-state index contributed by atoms with van der Waals surface area (Å²) in [6, 6.07) is 8.69. The third-order valence-electron chi connectivity index (χ3n) is 3.15. The second-order valence-corrected chi connectivity index (χ2v) is 7.98. The van der Waals surface area contributed by atoms with Crippen LogP contribution in [-0.2, 0) is 17.8 Å². The number of nitrogens with one attached hydrogen (secondary N) is 1. The monoisotopic (exact) mass is 426 g/mol. The Labute approximate surface area is 167 Å². The minimum absolute atomic E-state index is 0.0375. The number of aromatic hydroxyl groups is 1. The van der Waals surface area contributed by atoms with Crippen LogP contribution in [0.1, 0.15) is 9.75 Å². The lowest BCUT2D eigenvalue weighted by molar-refractivity contribution is -0.115. The van der Waals surface area contributed by atoms with Gasteiger partial charge in [0.05, 0.1) is 27.9 Å². The molecule has 0 aliphatic rings. The molecule has 0 aliphatic heterocycles. The molecule has 0 spiro atoms. The van der Waals surface area contributed by atoms with Gasteiger partial charge in [-0.3, -0.25) is 4.79 Å². The number of azo groups is 1. The summed E-state index contributed by atoms with van der Waals surface area (Å²) in [7, 11) is 0. The highest BCUT2D eigenvalue weighted by molar-refractivity contribution is 7.15. The molecule has 0 unspecified atom stereocenters.